The Hall–Kier alpha value is -1.35. The molecular formula is C13H19NO2. The van der Waals surface area contributed by atoms with Gasteiger partial charge in [-0.1, -0.05) is 0 Å². The second-order valence-electron chi connectivity index (χ2n) is 4.24. The van der Waals surface area contributed by atoms with Gasteiger partial charge in [0.15, 0.2) is 5.78 Å². The molecule has 0 aliphatic heterocycles. The number of Topliss-reactive ketones (excluding diaryl/α,β-unsaturated/α-hetero) is 1. The van der Waals surface area contributed by atoms with Gasteiger partial charge in [0.05, 0.1) is 12.7 Å². The Morgan fingerprint density at radius 2 is 1.94 bits per heavy atom. The zero-order valence-corrected chi connectivity index (χ0v) is 10.3. The zero-order valence-electron chi connectivity index (χ0n) is 10.3. The predicted octanol–water partition coefficient (Wildman–Crippen LogP) is 2.23. The summed E-state index contributed by atoms with van der Waals surface area (Å²) in [6, 6.07) is 3.64. The molecule has 1 atom stereocenters. The molecule has 0 heterocycles. The van der Waals surface area contributed by atoms with Crippen molar-refractivity contribution in [2.75, 3.05) is 7.11 Å². The summed E-state index contributed by atoms with van der Waals surface area (Å²) in [4.78, 5) is 11.9. The van der Waals surface area contributed by atoms with Gasteiger partial charge in [0.1, 0.15) is 5.75 Å². The minimum atomic E-state index is -0.126. The van der Waals surface area contributed by atoms with Gasteiger partial charge in [-0.25, -0.2) is 0 Å². The number of ether oxygens (including phenoxy) is 1. The van der Waals surface area contributed by atoms with E-state index in [0.717, 1.165) is 11.1 Å². The highest BCUT2D eigenvalue weighted by atomic mass is 16.5. The van der Waals surface area contributed by atoms with E-state index in [9.17, 15) is 4.79 Å². The van der Waals surface area contributed by atoms with Crippen molar-refractivity contribution in [1.29, 1.82) is 0 Å². The SMILES string of the molecule is COc1cc(C)c(C)cc1C(=O)CC(C)N. The number of carbonyl (C=O) groups excluding carboxylic acids is 1. The predicted molar refractivity (Wildman–Crippen MR) is 65.1 cm³/mol. The van der Waals surface area contributed by atoms with Crippen LogP contribution in [0.4, 0.5) is 0 Å². The maximum absolute atomic E-state index is 11.9. The highest BCUT2D eigenvalue weighted by Gasteiger charge is 2.15. The number of hydrogen-bond acceptors (Lipinski definition) is 3. The smallest absolute Gasteiger partial charge is 0.168 e. The van der Waals surface area contributed by atoms with Crippen LogP contribution in [0.3, 0.4) is 0 Å². The van der Waals surface area contributed by atoms with E-state index in [1.165, 1.54) is 0 Å². The van der Waals surface area contributed by atoms with Crippen molar-refractivity contribution < 1.29 is 9.53 Å². The molecule has 0 spiro atoms. The van der Waals surface area contributed by atoms with E-state index in [-0.39, 0.29) is 11.8 Å². The number of hydrogen-bond donors (Lipinski definition) is 1. The van der Waals surface area contributed by atoms with Crippen LogP contribution in [0.5, 0.6) is 5.75 Å². The monoisotopic (exact) mass is 221 g/mol. The van der Waals surface area contributed by atoms with E-state index in [0.29, 0.717) is 17.7 Å². The van der Waals surface area contributed by atoms with Gasteiger partial charge in [-0.15, -0.1) is 0 Å². The summed E-state index contributed by atoms with van der Waals surface area (Å²) in [5, 5.41) is 0. The molecule has 16 heavy (non-hydrogen) atoms. The van der Waals surface area contributed by atoms with Gasteiger partial charge in [0.25, 0.3) is 0 Å². The third-order valence-electron chi connectivity index (χ3n) is 2.62. The first-order chi connectivity index (χ1) is 7.45. The van der Waals surface area contributed by atoms with Gasteiger partial charge >= 0.3 is 0 Å². The Labute approximate surface area is 96.6 Å². The van der Waals surface area contributed by atoms with Crippen LogP contribution in [0.25, 0.3) is 0 Å². The van der Waals surface area contributed by atoms with Crippen LogP contribution in [-0.2, 0) is 0 Å². The fourth-order valence-electron chi connectivity index (χ4n) is 1.58. The first-order valence-corrected chi connectivity index (χ1v) is 5.39. The van der Waals surface area contributed by atoms with Crippen LogP contribution in [0.1, 0.15) is 34.8 Å². The average Bonchev–Trinajstić information content (AvgIpc) is 2.20. The first-order valence-electron chi connectivity index (χ1n) is 5.39. The van der Waals surface area contributed by atoms with Gasteiger partial charge in [-0.05, 0) is 44.0 Å². The quantitative estimate of drug-likeness (QED) is 0.793. The standard InChI is InChI=1S/C13H19NO2/c1-8-5-11(12(15)7-10(3)14)13(16-4)6-9(8)2/h5-6,10H,7,14H2,1-4H3. The molecule has 1 unspecified atom stereocenters. The van der Waals surface area contributed by atoms with Crippen LogP contribution in [0.15, 0.2) is 12.1 Å². The molecule has 0 radical (unpaired) electrons. The summed E-state index contributed by atoms with van der Waals surface area (Å²) in [7, 11) is 1.58. The van der Waals surface area contributed by atoms with Gasteiger partial charge < -0.3 is 10.5 Å². The molecule has 1 aromatic carbocycles. The highest BCUT2D eigenvalue weighted by Crippen LogP contribution is 2.24. The third kappa shape index (κ3) is 2.83. The molecule has 0 aliphatic rings. The third-order valence-corrected chi connectivity index (χ3v) is 2.62. The Bertz CT molecular complexity index is 397. The number of benzene rings is 1. The Balaban J connectivity index is 3.11. The molecule has 3 nitrogen and oxygen atoms in total. The van der Waals surface area contributed by atoms with Gasteiger partial charge in [0.2, 0.25) is 0 Å². The fraction of sp³-hybridized carbons (Fsp3) is 0.462. The lowest BCUT2D eigenvalue weighted by Crippen LogP contribution is -2.20. The molecular weight excluding hydrogens is 202 g/mol. The van der Waals surface area contributed by atoms with E-state index >= 15 is 0 Å². The topological polar surface area (TPSA) is 52.3 Å². The number of ketones is 1. The summed E-state index contributed by atoms with van der Waals surface area (Å²) in [6.07, 6.45) is 0.346. The lowest BCUT2D eigenvalue weighted by atomic mass is 9.99. The van der Waals surface area contributed by atoms with Crippen molar-refractivity contribution in [1.82, 2.24) is 0 Å². The number of methoxy groups -OCH3 is 1. The lowest BCUT2D eigenvalue weighted by Gasteiger charge is -2.12. The second-order valence-corrected chi connectivity index (χ2v) is 4.24. The first kappa shape index (κ1) is 12.7. The van der Waals surface area contributed by atoms with Crippen LogP contribution >= 0.6 is 0 Å². The van der Waals surface area contributed by atoms with Crippen LogP contribution < -0.4 is 10.5 Å². The number of carbonyl (C=O) groups is 1. The molecule has 0 amide bonds. The molecule has 0 bridgehead atoms. The molecule has 0 aliphatic carbocycles. The maximum Gasteiger partial charge on any atom is 0.168 e. The van der Waals surface area contributed by atoms with Crippen molar-refractivity contribution >= 4 is 5.78 Å². The minimum absolute atomic E-state index is 0.0370. The highest BCUT2D eigenvalue weighted by molar-refractivity contribution is 5.99. The van der Waals surface area contributed by atoms with Gasteiger partial charge in [-0.3, -0.25) is 4.79 Å². The van der Waals surface area contributed by atoms with Gasteiger partial charge in [0, 0.05) is 12.5 Å². The Morgan fingerprint density at radius 1 is 1.38 bits per heavy atom. The number of rotatable bonds is 4. The zero-order chi connectivity index (χ0) is 12.3. The van der Waals surface area contributed by atoms with E-state index in [4.69, 9.17) is 10.5 Å². The maximum atomic E-state index is 11.9. The van der Waals surface area contributed by atoms with Crippen LogP contribution in [0.2, 0.25) is 0 Å². The van der Waals surface area contributed by atoms with Crippen molar-refractivity contribution in [2.24, 2.45) is 5.73 Å². The molecule has 1 rings (SSSR count). The second kappa shape index (κ2) is 5.12. The van der Waals surface area contributed by atoms with Crippen LogP contribution in [0, 0.1) is 13.8 Å². The van der Waals surface area contributed by atoms with Crippen molar-refractivity contribution in [3.05, 3.63) is 28.8 Å². The minimum Gasteiger partial charge on any atom is -0.496 e. The van der Waals surface area contributed by atoms with E-state index in [1.54, 1.807) is 7.11 Å². The summed E-state index contributed by atoms with van der Waals surface area (Å²) in [6.45, 7) is 5.81. The van der Waals surface area contributed by atoms with E-state index in [1.807, 2.05) is 32.9 Å². The largest absolute Gasteiger partial charge is 0.496 e. The van der Waals surface area contributed by atoms with Crippen molar-refractivity contribution in [3.8, 4) is 5.75 Å². The van der Waals surface area contributed by atoms with E-state index < -0.39 is 0 Å². The average molecular weight is 221 g/mol. The fourth-order valence-corrected chi connectivity index (χ4v) is 1.58. The Kier molecular flexibility index (Phi) is 4.07. The summed E-state index contributed by atoms with van der Waals surface area (Å²) in [5.41, 5.74) is 8.47. The molecule has 2 N–H and O–H groups in total. The molecule has 1 aromatic rings. The van der Waals surface area contributed by atoms with Crippen LogP contribution in [-0.4, -0.2) is 18.9 Å². The molecule has 0 saturated carbocycles. The number of nitrogens with two attached hydrogens (primary N) is 1. The van der Waals surface area contributed by atoms with Crippen molar-refractivity contribution in [3.63, 3.8) is 0 Å². The summed E-state index contributed by atoms with van der Waals surface area (Å²) in [5.74, 6) is 0.670. The molecule has 88 valence electrons. The normalized spacial score (nSPS) is 12.3. The summed E-state index contributed by atoms with van der Waals surface area (Å²) >= 11 is 0. The molecule has 0 saturated heterocycles. The molecule has 3 heteroatoms. The molecule has 0 fully saturated rings. The molecule has 0 aromatic heterocycles. The van der Waals surface area contributed by atoms with E-state index in [2.05, 4.69) is 0 Å². The number of aryl methyl sites for hydroxylation is 2. The van der Waals surface area contributed by atoms with Gasteiger partial charge in [-0.2, -0.15) is 0 Å². The lowest BCUT2D eigenvalue weighted by molar-refractivity contribution is 0.0973. The summed E-state index contributed by atoms with van der Waals surface area (Å²) < 4.78 is 5.22. The Morgan fingerprint density at radius 3 is 2.44 bits per heavy atom. The van der Waals surface area contributed by atoms with Crippen molar-refractivity contribution in [2.45, 2.75) is 33.2 Å².